The van der Waals surface area contributed by atoms with Gasteiger partial charge in [0, 0.05) is 48.8 Å². The molecule has 0 spiro atoms. The third-order valence-corrected chi connectivity index (χ3v) is 12.4. The summed E-state index contributed by atoms with van der Waals surface area (Å²) >= 11 is 0. The Kier molecular flexibility index (Phi) is 5.68. The summed E-state index contributed by atoms with van der Waals surface area (Å²) in [6.45, 7) is 0. The first-order valence-electron chi connectivity index (χ1n) is 19.7. The van der Waals surface area contributed by atoms with E-state index in [1.807, 2.05) is 18.2 Å². The number of rotatable bonds is 2. The third kappa shape index (κ3) is 3.72. The van der Waals surface area contributed by atoms with E-state index in [9.17, 15) is 0 Å². The molecular weight excluding hydrogens is 711 g/mol. The van der Waals surface area contributed by atoms with Gasteiger partial charge in [0.1, 0.15) is 11.1 Å². The van der Waals surface area contributed by atoms with Gasteiger partial charge in [-0.1, -0.05) is 127 Å². The molecule has 6 heterocycles. The standard InChI is InChI=1S/C52H29N5O/c1-2-20-35-30(15-1)31-16-3-9-23-39(31)55-40-24-10-6-19-34(40)38-29-44-46(47(35)49(38)55)36-21-7-13-27-43(36)57(44)51-50(53-48-37-22-8-14-28-45(37)58-52(48)54-51)56-41-25-11-4-17-32(41)33-18-5-12-26-42(33)56/h1-29H. The summed E-state index contributed by atoms with van der Waals surface area (Å²) in [6, 6.07) is 63.0. The van der Waals surface area contributed by atoms with Crippen molar-refractivity contribution in [2.24, 2.45) is 0 Å². The van der Waals surface area contributed by atoms with Crippen LogP contribution in [0.3, 0.4) is 0 Å². The number of hydrogen-bond donors (Lipinski definition) is 0. The molecule has 268 valence electrons. The van der Waals surface area contributed by atoms with Gasteiger partial charge in [-0.2, -0.15) is 4.98 Å². The van der Waals surface area contributed by atoms with Gasteiger partial charge in [-0.05, 0) is 59.7 Å². The van der Waals surface area contributed by atoms with Gasteiger partial charge in [0.25, 0.3) is 0 Å². The first kappa shape index (κ1) is 30.3. The van der Waals surface area contributed by atoms with Crippen LogP contribution in [0.5, 0.6) is 0 Å². The molecule has 0 saturated heterocycles. The van der Waals surface area contributed by atoms with Crippen molar-refractivity contribution in [1.82, 2.24) is 23.7 Å². The molecule has 0 fully saturated rings. The van der Waals surface area contributed by atoms with Crippen LogP contribution in [0.2, 0.25) is 0 Å². The first-order chi connectivity index (χ1) is 28.8. The number of furan rings is 1. The van der Waals surface area contributed by atoms with Gasteiger partial charge in [-0.15, -0.1) is 0 Å². The van der Waals surface area contributed by atoms with Crippen molar-refractivity contribution in [2.45, 2.75) is 0 Å². The molecule has 58 heavy (non-hydrogen) atoms. The molecule has 8 aromatic carbocycles. The lowest BCUT2D eigenvalue weighted by Gasteiger charge is -2.15. The van der Waals surface area contributed by atoms with Crippen molar-refractivity contribution in [3.05, 3.63) is 176 Å². The Morgan fingerprint density at radius 2 is 0.879 bits per heavy atom. The molecule has 0 atom stereocenters. The van der Waals surface area contributed by atoms with Crippen LogP contribution >= 0.6 is 0 Å². The molecule has 0 aliphatic carbocycles. The molecule has 14 rings (SSSR count). The molecule has 1 aliphatic heterocycles. The Morgan fingerprint density at radius 3 is 1.60 bits per heavy atom. The summed E-state index contributed by atoms with van der Waals surface area (Å²) in [5.74, 6) is 1.44. The molecule has 6 nitrogen and oxygen atoms in total. The van der Waals surface area contributed by atoms with E-state index in [-0.39, 0.29) is 0 Å². The normalized spacial score (nSPS) is 12.5. The molecule has 6 heteroatoms. The molecule has 5 aromatic heterocycles. The molecular formula is C52H29N5O. The van der Waals surface area contributed by atoms with Gasteiger partial charge in [0.15, 0.2) is 11.6 Å². The monoisotopic (exact) mass is 739 g/mol. The lowest BCUT2D eigenvalue weighted by molar-refractivity contribution is 0.651. The Hall–Kier alpha value is -7.96. The lowest BCUT2D eigenvalue weighted by Crippen LogP contribution is -2.08. The van der Waals surface area contributed by atoms with Crippen molar-refractivity contribution in [2.75, 3.05) is 0 Å². The third-order valence-electron chi connectivity index (χ3n) is 12.4. The molecule has 0 N–H and O–H groups in total. The highest BCUT2D eigenvalue weighted by molar-refractivity contribution is 6.28. The largest absolute Gasteiger partial charge is 0.436 e. The van der Waals surface area contributed by atoms with Crippen molar-refractivity contribution in [3.8, 4) is 39.6 Å². The van der Waals surface area contributed by atoms with Crippen molar-refractivity contribution in [1.29, 1.82) is 0 Å². The van der Waals surface area contributed by atoms with E-state index in [0.29, 0.717) is 11.5 Å². The zero-order valence-electron chi connectivity index (χ0n) is 30.9. The van der Waals surface area contributed by atoms with Gasteiger partial charge in [-0.25, -0.2) is 4.98 Å². The first-order valence-corrected chi connectivity index (χ1v) is 19.7. The van der Waals surface area contributed by atoms with Crippen LogP contribution in [0, 0.1) is 0 Å². The maximum atomic E-state index is 6.55. The van der Waals surface area contributed by atoms with E-state index in [4.69, 9.17) is 14.4 Å². The average Bonchev–Trinajstić information content (AvgIpc) is 3.99. The van der Waals surface area contributed by atoms with Crippen LogP contribution < -0.4 is 0 Å². The van der Waals surface area contributed by atoms with Gasteiger partial charge in [0.05, 0.1) is 38.8 Å². The van der Waals surface area contributed by atoms with Gasteiger partial charge in [0.2, 0.25) is 5.71 Å². The van der Waals surface area contributed by atoms with E-state index in [0.717, 1.165) is 60.5 Å². The molecule has 0 amide bonds. The van der Waals surface area contributed by atoms with E-state index in [2.05, 4.69) is 171 Å². The highest BCUT2D eigenvalue weighted by atomic mass is 16.3. The summed E-state index contributed by atoms with van der Waals surface area (Å²) < 4.78 is 13.7. The zero-order chi connectivity index (χ0) is 37.6. The highest BCUT2D eigenvalue weighted by Crippen LogP contribution is 2.52. The molecule has 0 bridgehead atoms. The maximum Gasteiger partial charge on any atom is 0.248 e. The van der Waals surface area contributed by atoms with E-state index in [1.165, 1.54) is 55.1 Å². The fraction of sp³-hybridized carbons (Fsp3) is 0. The molecule has 13 aromatic rings. The van der Waals surface area contributed by atoms with E-state index in [1.54, 1.807) is 0 Å². The topological polar surface area (TPSA) is 53.7 Å². The number of aromatic nitrogens is 5. The van der Waals surface area contributed by atoms with Crippen LogP contribution in [0.25, 0.3) is 127 Å². The number of para-hydroxylation sites is 6. The minimum Gasteiger partial charge on any atom is -0.436 e. The quantitative estimate of drug-likeness (QED) is 0.177. The SMILES string of the molecule is c1ccc2c(c1)-c1ccccc1-n1c3ccccc3c3cc4c(c-2c31)c1ccccc1n4-c1nc2oc3ccccc3c2nc1-n1c2ccccc2c2ccccc21. The number of fused-ring (bicyclic) bond motifs is 18. The smallest absolute Gasteiger partial charge is 0.248 e. The Labute approximate surface area is 330 Å². The van der Waals surface area contributed by atoms with Crippen LogP contribution in [-0.2, 0) is 0 Å². The average molecular weight is 740 g/mol. The van der Waals surface area contributed by atoms with Crippen molar-refractivity contribution >= 4 is 87.6 Å². The minimum atomic E-state index is 0.503. The maximum absolute atomic E-state index is 6.55. The lowest BCUT2D eigenvalue weighted by atomic mass is 9.91. The fourth-order valence-electron chi connectivity index (χ4n) is 10.1. The summed E-state index contributed by atoms with van der Waals surface area (Å²) in [4.78, 5) is 11.2. The van der Waals surface area contributed by atoms with Crippen molar-refractivity contribution in [3.63, 3.8) is 0 Å². The highest BCUT2D eigenvalue weighted by Gasteiger charge is 2.30. The predicted molar refractivity (Wildman–Crippen MR) is 237 cm³/mol. The number of benzene rings is 8. The molecule has 0 radical (unpaired) electrons. The summed E-state index contributed by atoms with van der Waals surface area (Å²) in [5.41, 5.74) is 14.6. The van der Waals surface area contributed by atoms with Crippen LogP contribution in [-0.4, -0.2) is 23.7 Å². The molecule has 0 saturated carbocycles. The fourth-order valence-corrected chi connectivity index (χ4v) is 10.1. The molecule has 0 unspecified atom stereocenters. The van der Waals surface area contributed by atoms with Gasteiger partial charge < -0.3 is 8.98 Å². The molecule has 1 aliphatic rings. The number of nitrogens with zero attached hydrogens (tertiary/aromatic N) is 5. The van der Waals surface area contributed by atoms with Gasteiger partial charge >= 0.3 is 0 Å². The van der Waals surface area contributed by atoms with Crippen molar-refractivity contribution < 1.29 is 4.42 Å². The van der Waals surface area contributed by atoms with Crippen LogP contribution in [0.1, 0.15) is 0 Å². The Morgan fingerprint density at radius 1 is 0.379 bits per heavy atom. The van der Waals surface area contributed by atoms with Crippen LogP contribution in [0.15, 0.2) is 180 Å². The Balaban J connectivity index is 1.23. The zero-order valence-corrected chi connectivity index (χ0v) is 30.9. The summed E-state index contributed by atoms with van der Waals surface area (Å²) in [5, 5.41) is 7.97. The predicted octanol–water partition coefficient (Wildman–Crippen LogP) is 13.3. The van der Waals surface area contributed by atoms with Gasteiger partial charge in [-0.3, -0.25) is 9.13 Å². The second kappa shape index (κ2) is 10.9. The summed E-state index contributed by atoms with van der Waals surface area (Å²) in [6.07, 6.45) is 0. The minimum absolute atomic E-state index is 0.503. The second-order valence-corrected chi connectivity index (χ2v) is 15.3. The summed E-state index contributed by atoms with van der Waals surface area (Å²) in [7, 11) is 0. The second-order valence-electron chi connectivity index (χ2n) is 15.3. The Bertz CT molecular complexity index is 3880. The number of hydrogen-bond acceptors (Lipinski definition) is 3. The van der Waals surface area contributed by atoms with Crippen LogP contribution in [0.4, 0.5) is 0 Å². The van der Waals surface area contributed by atoms with E-state index < -0.39 is 0 Å². The van der Waals surface area contributed by atoms with E-state index >= 15 is 0 Å².